The Bertz CT molecular complexity index is 755. The lowest BCUT2D eigenvalue weighted by atomic mass is 9.97. The zero-order valence-corrected chi connectivity index (χ0v) is 14.9. The Morgan fingerprint density at radius 1 is 1.33 bits per heavy atom. The summed E-state index contributed by atoms with van der Waals surface area (Å²) >= 11 is 1.78. The van der Waals surface area contributed by atoms with Gasteiger partial charge in [-0.3, -0.25) is 9.69 Å². The molecule has 0 spiro atoms. The van der Waals surface area contributed by atoms with E-state index in [1.54, 1.807) is 11.3 Å². The quantitative estimate of drug-likeness (QED) is 0.933. The molecule has 2 heterocycles. The van der Waals surface area contributed by atoms with E-state index in [0.29, 0.717) is 6.54 Å². The number of carbonyl (C=O) groups excluding carboxylic acids is 1. The maximum atomic E-state index is 12.5. The van der Waals surface area contributed by atoms with Crippen LogP contribution in [0, 0.1) is 6.92 Å². The maximum Gasteiger partial charge on any atom is 0.234 e. The van der Waals surface area contributed by atoms with Gasteiger partial charge in [0.25, 0.3) is 0 Å². The monoisotopic (exact) mass is 341 g/mol. The molecule has 0 radical (unpaired) electrons. The highest BCUT2D eigenvalue weighted by molar-refractivity contribution is 7.11. The van der Waals surface area contributed by atoms with Gasteiger partial charge in [0.05, 0.1) is 23.3 Å². The summed E-state index contributed by atoms with van der Waals surface area (Å²) in [6.07, 6.45) is 4.28. The van der Waals surface area contributed by atoms with Gasteiger partial charge < -0.3 is 5.32 Å². The largest absolute Gasteiger partial charge is 0.347 e. The molecule has 0 unspecified atom stereocenters. The Labute approximate surface area is 146 Å². The molecule has 1 aliphatic heterocycles. The van der Waals surface area contributed by atoms with E-state index in [1.807, 2.05) is 6.92 Å². The number of aromatic nitrogens is 1. The summed E-state index contributed by atoms with van der Waals surface area (Å²) in [6.45, 7) is 4.35. The van der Waals surface area contributed by atoms with Crippen molar-refractivity contribution in [2.24, 2.45) is 0 Å². The van der Waals surface area contributed by atoms with Gasteiger partial charge in [0, 0.05) is 18.0 Å². The van der Waals surface area contributed by atoms with E-state index in [0.717, 1.165) is 49.5 Å². The number of aryl methyl sites for hydroxylation is 2. The van der Waals surface area contributed by atoms with Gasteiger partial charge in [-0.1, -0.05) is 24.3 Å². The van der Waals surface area contributed by atoms with E-state index in [-0.39, 0.29) is 11.9 Å². The smallest absolute Gasteiger partial charge is 0.234 e. The van der Waals surface area contributed by atoms with Crippen LogP contribution in [0.25, 0.3) is 0 Å². The minimum Gasteiger partial charge on any atom is -0.347 e. The second-order valence-corrected chi connectivity index (χ2v) is 8.07. The number of hydrogen-bond donors (Lipinski definition) is 1. The maximum absolute atomic E-state index is 12.5. The van der Waals surface area contributed by atoms with Crippen molar-refractivity contribution in [3.8, 4) is 0 Å². The molecule has 0 fully saturated rings. The summed E-state index contributed by atoms with van der Waals surface area (Å²) in [6, 6.07) is 8.64. The van der Waals surface area contributed by atoms with Gasteiger partial charge in [-0.15, -0.1) is 11.3 Å². The van der Waals surface area contributed by atoms with E-state index in [2.05, 4.69) is 39.5 Å². The van der Waals surface area contributed by atoms with E-state index < -0.39 is 0 Å². The van der Waals surface area contributed by atoms with Gasteiger partial charge in [0.15, 0.2) is 0 Å². The van der Waals surface area contributed by atoms with E-state index in [9.17, 15) is 4.79 Å². The lowest BCUT2D eigenvalue weighted by Gasteiger charge is -2.29. The second-order valence-electron chi connectivity index (χ2n) is 6.78. The van der Waals surface area contributed by atoms with Crippen molar-refractivity contribution < 1.29 is 4.79 Å². The predicted molar refractivity (Wildman–Crippen MR) is 96.1 cm³/mol. The molecule has 2 aromatic rings. The van der Waals surface area contributed by atoms with Crippen LogP contribution < -0.4 is 5.32 Å². The molecule has 1 atom stereocenters. The molecule has 4 nitrogen and oxygen atoms in total. The van der Waals surface area contributed by atoms with Crippen LogP contribution >= 0.6 is 11.3 Å². The highest BCUT2D eigenvalue weighted by atomic mass is 32.1. The first-order valence-electron chi connectivity index (χ1n) is 8.74. The van der Waals surface area contributed by atoms with Crippen LogP contribution in [0.3, 0.4) is 0 Å². The Kier molecular flexibility index (Phi) is 4.37. The number of hydrogen-bond acceptors (Lipinski definition) is 4. The van der Waals surface area contributed by atoms with Crippen LogP contribution in [-0.2, 0) is 24.2 Å². The predicted octanol–water partition coefficient (Wildman–Crippen LogP) is 3.00. The minimum absolute atomic E-state index is 0.100. The van der Waals surface area contributed by atoms with E-state index in [4.69, 9.17) is 0 Å². The first kappa shape index (κ1) is 15.8. The number of amides is 1. The van der Waals surface area contributed by atoms with Crippen molar-refractivity contribution in [3.63, 3.8) is 0 Å². The van der Waals surface area contributed by atoms with Gasteiger partial charge in [0.1, 0.15) is 0 Å². The fraction of sp³-hybridized carbons (Fsp3) is 0.474. The Morgan fingerprint density at radius 2 is 2.17 bits per heavy atom. The minimum atomic E-state index is 0.100. The average molecular weight is 341 g/mol. The fourth-order valence-electron chi connectivity index (χ4n) is 3.81. The summed E-state index contributed by atoms with van der Waals surface area (Å²) < 4.78 is 0. The van der Waals surface area contributed by atoms with Crippen molar-refractivity contribution >= 4 is 17.2 Å². The van der Waals surface area contributed by atoms with Crippen molar-refractivity contribution in [3.05, 3.63) is 51.0 Å². The number of benzene rings is 1. The van der Waals surface area contributed by atoms with Gasteiger partial charge in [-0.25, -0.2) is 4.98 Å². The van der Waals surface area contributed by atoms with Crippen molar-refractivity contribution in [2.75, 3.05) is 13.1 Å². The SMILES string of the molecule is Cc1nc2c(s1)CCC[C@@H]2NC(=O)CN1CCc2ccccc2C1. The van der Waals surface area contributed by atoms with Crippen LogP contribution in [0.2, 0.25) is 0 Å². The molecule has 1 aromatic heterocycles. The molecule has 5 heteroatoms. The standard InChI is InChI=1S/C19H23N3OS/c1-13-20-19-16(7-4-8-17(19)24-13)21-18(23)12-22-10-9-14-5-2-3-6-15(14)11-22/h2-3,5-6,16H,4,7-12H2,1H3,(H,21,23)/t16-/m0/s1. The zero-order valence-electron chi connectivity index (χ0n) is 14.0. The molecule has 4 rings (SSSR count). The number of nitrogens with zero attached hydrogens (tertiary/aromatic N) is 2. The third kappa shape index (κ3) is 3.23. The average Bonchev–Trinajstić information content (AvgIpc) is 2.96. The molecule has 1 aromatic carbocycles. The molecule has 0 bridgehead atoms. The Balaban J connectivity index is 1.38. The normalized spacial score (nSPS) is 20.3. The summed E-state index contributed by atoms with van der Waals surface area (Å²) in [5.41, 5.74) is 3.89. The van der Waals surface area contributed by atoms with Crippen LogP contribution in [-0.4, -0.2) is 28.9 Å². The van der Waals surface area contributed by atoms with Gasteiger partial charge in [-0.05, 0) is 43.7 Å². The molecule has 1 aliphatic carbocycles. The fourth-order valence-corrected chi connectivity index (χ4v) is 4.85. The Morgan fingerprint density at radius 3 is 3.04 bits per heavy atom. The molecule has 0 saturated carbocycles. The molecule has 2 aliphatic rings. The number of nitrogens with one attached hydrogen (secondary N) is 1. The highest BCUT2D eigenvalue weighted by Gasteiger charge is 2.26. The first-order valence-corrected chi connectivity index (χ1v) is 9.55. The van der Waals surface area contributed by atoms with Crippen LogP contribution in [0.5, 0.6) is 0 Å². The van der Waals surface area contributed by atoms with Gasteiger partial charge in [0.2, 0.25) is 5.91 Å². The van der Waals surface area contributed by atoms with Crippen LogP contribution in [0.1, 0.15) is 45.6 Å². The Hall–Kier alpha value is -1.72. The van der Waals surface area contributed by atoms with E-state index >= 15 is 0 Å². The van der Waals surface area contributed by atoms with Crippen molar-refractivity contribution in [1.29, 1.82) is 0 Å². The third-order valence-electron chi connectivity index (χ3n) is 4.97. The molecular weight excluding hydrogens is 318 g/mol. The van der Waals surface area contributed by atoms with Gasteiger partial charge >= 0.3 is 0 Å². The molecule has 126 valence electrons. The summed E-state index contributed by atoms with van der Waals surface area (Å²) in [5.74, 6) is 0.123. The summed E-state index contributed by atoms with van der Waals surface area (Å²) in [4.78, 5) is 20.8. The summed E-state index contributed by atoms with van der Waals surface area (Å²) in [5, 5.41) is 4.33. The van der Waals surface area contributed by atoms with Crippen molar-refractivity contribution in [2.45, 2.75) is 45.2 Å². The van der Waals surface area contributed by atoms with Gasteiger partial charge in [-0.2, -0.15) is 0 Å². The van der Waals surface area contributed by atoms with E-state index in [1.165, 1.54) is 16.0 Å². The first-order chi connectivity index (χ1) is 11.7. The molecule has 24 heavy (non-hydrogen) atoms. The third-order valence-corrected chi connectivity index (χ3v) is 6.02. The van der Waals surface area contributed by atoms with Crippen LogP contribution in [0.15, 0.2) is 24.3 Å². The molecule has 1 amide bonds. The number of thiazole rings is 1. The number of rotatable bonds is 3. The highest BCUT2D eigenvalue weighted by Crippen LogP contribution is 2.33. The zero-order chi connectivity index (χ0) is 16.5. The van der Waals surface area contributed by atoms with Crippen molar-refractivity contribution in [1.82, 2.24) is 15.2 Å². The molecule has 0 saturated heterocycles. The molecule has 1 N–H and O–H groups in total. The second kappa shape index (κ2) is 6.65. The number of carbonyl (C=O) groups is 1. The van der Waals surface area contributed by atoms with Crippen LogP contribution in [0.4, 0.5) is 0 Å². The lowest BCUT2D eigenvalue weighted by Crippen LogP contribution is -2.41. The topological polar surface area (TPSA) is 45.2 Å². The molecular formula is C19H23N3OS. The lowest BCUT2D eigenvalue weighted by molar-refractivity contribution is -0.123. The summed E-state index contributed by atoms with van der Waals surface area (Å²) in [7, 11) is 0. The number of fused-ring (bicyclic) bond motifs is 2.